The van der Waals surface area contributed by atoms with E-state index in [1.54, 1.807) is 11.1 Å². The molecule has 2 aliphatic heterocycles. The van der Waals surface area contributed by atoms with Crippen LogP contribution in [0.3, 0.4) is 0 Å². The number of hydrogen-bond acceptors (Lipinski definition) is 4. The van der Waals surface area contributed by atoms with Gasteiger partial charge in [-0.1, -0.05) is 32.0 Å². The molecule has 0 radical (unpaired) electrons. The van der Waals surface area contributed by atoms with Crippen molar-refractivity contribution in [3.63, 3.8) is 0 Å². The molecule has 1 amide bonds. The number of ether oxygens (including phenoxy) is 2. The molecule has 7 nitrogen and oxygen atoms in total. The van der Waals surface area contributed by atoms with E-state index in [-0.39, 0.29) is 12.0 Å². The van der Waals surface area contributed by atoms with Crippen molar-refractivity contribution in [3.05, 3.63) is 71.6 Å². The number of aromatic amines is 1. The highest BCUT2D eigenvalue weighted by atomic mass is 16.5. The van der Waals surface area contributed by atoms with Crippen LogP contribution in [-0.2, 0) is 14.9 Å². The number of esters is 1. The molecule has 0 saturated carbocycles. The number of fused-ring (bicyclic) bond motifs is 3. The Bertz CT molecular complexity index is 1430. The topological polar surface area (TPSA) is 71.6 Å². The van der Waals surface area contributed by atoms with Gasteiger partial charge in [0, 0.05) is 41.0 Å². The first-order chi connectivity index (χ1) is 19.6. The molecule has 5 rings (SSSR count). The van der Waals surface area contributed by atoms with Crippen LogP contribution >= 0.6 is 0 Å². The Labute approximate surface area is 243 Å². The van der Waals surface area contributed by atoms with E-state index in [0.717, 1.165) is 39.7 Å². The molecule has 1 saturated heterocycles. The zero-order valence-corrected chi connectivity index (χ0v) is 25.2. The van der Waals surface area contributed by atoms with Gasteiger partial charge in [0.25, 0.3) is 5.91 Å². The summed E-state index contributed by atoms with van der Waals surface area (Å²) >= 11 is 0. The van der Waals surface area contributed by atoms with Crippen molar-refractivity contribution in [1.82, 2.24) is 9.88 Å². The number of carbonyl (C=O) groups excluding carboxylic acids is 2. The molecule has 0 atom stereocenters. The number of aromatic nitrogens is 1. The second-order valence-corrected chi connectivity index (χ2v) is 12.8. The average Bonchev–Trinajstić information content (AvgIpc) is 3.28. The first-order valence-corrected chi connectivity index (χ1v) is 15.0. The summed E-state index contributed by atoms with van der Waals surface area (Å²) in [5, 5.41) is 1.04. The summed E-state index contributed by atoms with van der Waals surface area (Å²) in [6.07, 6.45) is 6.37. The SMILES string of the molecule is CC(C)OC(=O)C1=CN(C(=O)c2ccc(OCCC[N+]3(C)CCCCC3)cc2)CC(C)(C)c2c1[nH]c1ccccc21. The Hall–Kier alpha value is -3.58. The van der Waals surface area contributed by atoms with Gasteiger partial charge in [0.1, 0.15) is 5.75 Å². The summed E-state index contributed by atoms with van der Waals surface area (Å²) in [5.74, 6) is 0.140. The fraction of sp³-hybridized carbons (Fsp3) is 0.471. The predicted octanol–water partition coefficient (Wildman–Crippen LogP) is 6.29. The summed E-state index contributed by atoms with van der Waals surface area (Å²) in [6.45, 7) is 12.6. The number of piperidine rings is 1. The third kappa shape index (κ3) is 6.35. The Kier molecular flexibility index (Phi) is 8.28. The van der Waals surface area contributed by atoms with Gasteiger partial charge in [-0.25, -0.2) is 4.79 Å². The first-order valence-electron chi connectivity index (χ1n) is 15.0. The molecule has 0 unspecified atom stereocenters. The van der Waals surface area contributed by atoms with Crippen LogP contribution in [0, 0.1) is 0 Å². The van der Waals surface area contributed by atoms with Gasteiger partial charge < -0.3 is 23.8 Å². The van der Waals surface area contributed by atoms with E-state index in [4.69, 9.17) is 9.47 Å². The highest BCUT2D eigenvalue weighted by Crippen LogP contribution is 2.40. The molecular weight excluding hydrogens is 514 g/mol. The van der Waals surface area contributed by atoms with Gasteiger partial charge in [0.2, 0.25) is 0 Å². The van der Waals surface area contributed by atoms with E-state index in [9.17, 15) is 9.59 Å². The van der Waals surface area contributed by atoms with E-state index >= 15 is 0 Å². The molecule has 1 N–H and O–H groups in total. The molecule has 218 valence electrons. The van der Waals surface area contributed by atoms with E-state index in [0.29, 0.717) is 30.0 Å². The number of para-hydroxylation sites is 1. The Morgan fingerprint density at radius 3 is 2.44 bits per heavy atom. The van der Waals surface area contributed by atoms with Crippen molar-refractivity contribution in [1.29, 1.82) is 0 Å². The number of carbonyl (C=O) groups is 2. The average molecular weight is 559 g/mol. The largest absolute Gasteiger partial charge is 0.493 e. The number of quaternary nitrogens is 1. The minimum absolute atomic E-state index is 0.170. The number of hydrogen-bond donors (Lipinski definition) is 1. The fourth-order valence-electron chi connectivity index (χ4n) is 6.38. The number of amides is 1. The van der Waals surface area contributed by atoms with Crippen LogP contribution in [0.5, 0.6) is 5.75 Å². The van der Waals surface area contributed by atoms with Crippen LogP contribution in [0.2, 0.25) is 0 Å². The second kappa shape index (κ2) is 11.7. The summed E-state index contributed by atoms with van der Waals surface area (Å²) in [4.78, 5) is 32.3. The molecular formula is C34H44N3O4+. The lowest BCUT2D eigenvalue weighted by Crippen LogP contribution is -2.48. The fourth-order valence-corrected chi connectivity index (χ4v) is 6.38. The predicted molar refractivity (Wildman–Crippen MR) is 163 cm³/mol. The molecule has 1 fully saturated rings. The zero-order valence-electron chi connectivity index (χ0n) is 25.2. The van der Waals surface area contributed by atoms with E-state index in [1.807, 2.05) is 56.3 Å². The monoisotopic (exact) mass is 558 g/mol. The molecule has 7 heteroatoms. The number of benzene rings is 2. The molecule has 3 heterocycles. The van der Waals surface area contributed by atoms with Gasteiger partial charge in [0.05, 0.1) is 50.7 Å². The third-order valence-corrected chi connectivity index (χ3v) is 8.43. The zero-order chi connectivity index (χ0) is 29.2. The summed E-state index contributed by atoms with van der Waals surface area (Å²) in [7, 11) is 2.35. The van der Waals surface area contributed by atoms with E-state index < -0.39 is 11.4 Å². The molecule has 2 aromatic carbocycles. The standard InChI is InChI=1S/C34H44N3O4/c1-24(2)41-33(39)28-22-36(23-34(3,4)30-27-12-7-8-13-29(27)35-31(28)30)32(38)25-14-16-26(17-15-25)40-21-11-20-37(5)18-9-6-10-19-37/h7-8,12-17,22,24,35H,6,9-11,18-21,23H2,1-5H3/q+1. The number of nitrogens with one attached hydrogen (secondary N) is 1. The lowest BCUT2D eigenvalue weighted by molar-refractivity contribution is -0.914. The summed E-state index contributed by atoms with van der Waals surface area (Å²) in [6, 6.07) is 15.4. The van der Waals surface area contributed by atoms with Gasteiger partial charge in [-0.15, -0.1) is 0 Å². The summed E-state index contributed by atoms with van der Waals surface area (Å²) in [5.41, 5.74) is 3.14. The molecule has 0 spiro atoms. The van der Waals surface area contributed by atoms with Crippen LogP contribution < -0.4 is 4.74 Å². The van der Waals surface area contributed by atoms with Gasteiger partial charge >= 0.3 is 5.97 Å². The van der Waals surface area contributed by atoms with Crippen LogP contribution in [0.15, 0.2) is 54.7 Å². The number of rotatable bonds is 8. The molecule has 0 bridgehead atoms. The lowest BCUT2D eigenvalue weighted by atomic mass is 9.81. The van der Waals surface area contributed by atoms with Crippen LogP contribution in [0.4, 0.5) is 0 Å². The molecule has 3 aromatic rings. The quantitative estimate of drug-likeness (QED) is 0.200. The summed E-state index contributed by atoms with van der Waals surface area (Å²) < 4.78 is 12.8. The van der Waals surface area contributed by atoms with Crippen molar-refractivity contribution in [3.8, 4) is 5.75 Å². The third-order valence-electron chi connectivity index (χ3n) is 8.43. The Morgan fingerprint density at radius 2 is 1.73 bits per heavy atom. The van der Waals surface area contributed by atoms with E-state index in [1.165, 1.54) is 32.4 Å². The number of H-pyrrole nitrogens is 1. The van der Waals surface area contributed by atoms with Crippen molar-refractivity contribution < 1.29 is 23.5 Å². The molecule has 41 heavy (non-hydrogen) atoms. The first kappa shape index (κ1) is 28.9. The molecule has 2 aliphatic rings. The van der Waals surface area contributed by atoms with Gasteiger partial charge in [-0.3, -0.25) is 4.79 Å². The maximum absolute atomic E-state index is 13.8. The van der Waals surface area contributed by atoms with Crippen molar-refractivity contribution >= 4 is 28.4 Å². The number of likely N-dealkylation sites (tertiary alicyclic amines) is 1. The normalized spacial score (nSPS) is 18.0. The van der Waals surface area contributed by atoms with Crippen molar-refractivity contribution in [2.75, 3.05) is 39.8 Å². The van der Waals surface area contributed by atoms with Gasteiger partial charge in [-0.2, -0.15) is 0 Å². The maximum atomic E-state index is 13.8. The highest BCUT2D eigenvalue weighted by molar-refractivity contribution is 6.18. The smallest absolute Gasteiger partial charge is 0.342 e. The Morgan fingerprint density at radius 1 is 1.02 bits per heavy atom. The van der Waals surface area contributed by atoms with Gasteiger partial charge in [-0.05, 0) is 69.0 Å². The van der Waals surface area contributed by atoms with Gasteiger partial charge in [0.15, 0.2) is 0 Å². The Balaban J connectivity index is 1.34. The van der Waals surface area contributed by atoms with Crippen molar-refractivity contribution in [2.45, 2.75) is 64.9 Å². The van der Waals surface area contributed by atoms with Crippen LogP contribution in [0.25, 0.3) is 16.5 Å². The highest BCUT2D eigenvalue weighted by Gasteiger charge is 2.37. The van der Waals surface area contributed by atoms with Crippen molar-refractivity contribution in [2.24, 2.45) is 0 Å². The molecule has 0 aliphatic carbocycles. The lowest BCUT2D eigenvalue weighted by Gasteiger charge is -2.37. The molecule has 1 aromatic heterocycles. The van der Waals surface area contributed by atoms with Crippen LogP contribution in [-0.4, -0.2) is 72.2 Å². The second-order valence-electron chi connectivity index (χ2n) is 12.8. The van der Waals surface area contributed by atoms with Crippen LogP contribution in [0.1, 0.15) is 75.0 Å². The minimum atomic E-state index is -0.451. The number of nitrogens with zero attached hydrogens (tertiary/aromatic N) is 2. The maximum Gasteiger partial charge on any atom is 0.342 e. The van der Waals surface area contributed by atoms with E-state index in [2.05, 4.69) is 31.9 Å². The minimum Gasteiger partial charge on any atom is -0.493 e.